The quantitative estimate of drug-likeness (QED) is 0.906. The molecule has 1 N–H and O–H groups in total. The van der Waals surface area contributed by atoms with Gasteiger partial charge in [-0.3, -0.25) is 0 Å². The van der Waals surface area contributed by atoms with Crippen LogP contribution < -0.4 is 5.32 Å². The molecule has 0 spiro atoms. The second-order valence-corrected chi connectivity index (χ2v) is 7.64. The van der Waals surface area contributed by atoms with Gasteiger partial charge in [-0.15, -0.1) is 0 Å². The highest BCUT2D eigenvalue weighted by Crippen LogP contribution is 2.32. The molecule has 1 aromatic carbocycles. The van der Waals surface area contributed by atoms with Gasteiger partial charge < -0.3 is 5.32 Å². The summed E-state index contributed by atoms with van der Waals surface area (Å²) in [5, 5.41) is 3.02. The summed E-state index contributed by atoms with van der Waals surface area (Å²) in [7, 11) is -3.37. The summed E-state index contributed by atoms with van der Waals surface area (Å²) < 4.78 is 48.9. The van der Waals surface area contributed by atoms with Crippen molar-refractivity contribution in [2.24, 2.45) is 0 Å². The number of halogens is 2. The molecule has 1 unspecified atom stereocenters. The molecule has 0 aliphatic heterocycles. The maximum atomic E-state index is 13.3. The Labute approximate surface area is 112 Å². The smallest absolute Gasteiger partial charge is 0.159 e. The van der Waals surface area contributed by atoms with Crippen LogP contribution in [0, 0.1) is 11.6 Å². The summed E-state index contributed by atoms with van der Waals surface area (Å²) >= 11 is 0. The van der Waals surface area contributed by atoms with Gasteiger partial charge in [0, 0.05) is 6.26 Å². The molecule has 0 aliphatic carbocycles. The molecule has 19 heavy (non-hydrogen) atoms. The Kier molecular flexibility index (Phi) is 4.68. The van der Waals surface area contributed by atoms with Crippen LogP contribution in [0.1, 0.15) is 32.4 Å². The fourth-order valence-electron chi connectivity index (χ4n) is 1.88. The van der Waals surface area contributed by atoms with Crippen molar-refractivity contribution in [2.75, 3.05) is 12.8 Å². The Hall–Kier alpha value is -1.01. The van der Waals surface area contributed by atoms with Gasteiger partial charge in [-0.05, 0) is 38.1 Å². The van der Waals surface area contributed by atoms with Crippen molar-refractivity contribution in [1.29, 1.82) is 0 Å². The maximum Gasteiger partial charge on any atom is 0.159 e. The number of hydrogen-bond acceptors (Lipinski definition) is 3. The molecular weight excluding hydrogens is 272 g/mol. The lowest BCUT2D eigenvalue weighted by Gasteiger charge is -2.33. The van der Waals surface area contributed by atoms with E-state index < -0.39 is 32.3 Å². The molecule has 6 heteroatoms. The van der Waals surface area contributed by atoms with E-state index in [2.05, 4.69) is 5.32 Å². The van der Waals surface area contributed by atoms with Crippen LogP contribution in [0.2, 0.25) is 0 Å². The minimum Gasteiger partial charge on any atom is -0.309 e. The Morgan fingerprint density at radius 2 is 1.84 bits per heavy atom. The van der Waals surface area contributed by atoms with Crippen LogP contribution in [0.15, 0.2) is 18.2 Å². The molecule has 0 aliphatic rings. The van der Waals surface area contributed by atoms with Crippen LogP contribution >= 0.6 is 0 Å². The van der Waals surface area contributed by atoms with E-state index in [-0.39, 0.29) is 0 Å². The zero-order valence-electron chi connectivity index (χ0n) is 11.5. The third kappa shape index (κ3) is 3.30. The van der Waals surface area contributed by atoms with Gasteiger partial charge >= 0.3 is 0 Å². The minimum absolute atomic E-state index is 0.413. The lowest BCUT2D eigenvalue weighted by Crippen LogP contribution is -2.45. The first-order valence-corrected chi connectivity index (χ1v) is 7.88. The van der Waals surface area contributed by atoms with Crippen LogP contribution in [0.3, 0.4) is 0 Å². The second kappa shape index (κ2) is 5.54. The van der Waals surface area contributed by atoms with E-state index in [4.69, 9.17) is 0 Å². The summed E-state index contributed by atoms with van der Waals surface area (Å²) in [5.74, 6) is -1.93. The molecule has 0 amide bonds. The zero-order valence-corrected chi connectivity index (χ0v) is 12.3. The summed E-state index contributed by atoms with van der Waals surface area (Å²) in [6.07, 6.45) is 1.14. The van der Waals surface area contributed by atoms with Gasteiger partial charge in [0.1, 0.15) is 0 Å². The van der Waals surface area contributed by atoms with Crippen molar-refractivity contribution >= 4 is 9.84 Å². The molecule has 0 radical (unpaired) electrons. The highest BCUT2D eigenvalue weighted by Gasteiger charge is 2.39. The molecule has 0 saturated heterocycles. The molecule has 1 rings (SSSR count). The molecule has 0 saturated carbocycles. The lowest BCUT2D eigenvalue weighted by atomic mass is 9.95. The normalized spacial score (nSPS) is 14.4. The van der Waals surface area contributed by atoms with Crippen molar-refractivity contribution in [3.8, 4) is 0 Å². The minimum atomic E-state index is -3.37. The van der Waals surface area contributed by atoms with E-state index in [9.17, 15) is 17.2 Å². The van der Waals surface area contributed by atoms with Crippen LogP contribution in [0.4, 0.5) is 8.78 Å². The predicted molar refractivity (Wildman–Crippen MR) is 71.7 cm³/mol. The van der Waals surface area contributed by atoms with Crippen molar-refractivity contribution in [2.45, 2.75) is 31.6 Å². The van der Waals surface area contributed by atoms with Gasteiger partial charge in [0.2, 0.25) is 0 Å². The van der Waals surface area contributed by atoms with Crippen molar-refractivity contribution in [3.05, 3.63) is 35.4 Å². The summed E-state index contributed by atoms with van der Waals surface area (Å²) in [4.78, 5) is 0. The van der Waals surface area contributed by atoms with Crippen LogP contribution in [-0.4, -0.2) is 26.0 Å². The largest absolute Gasteiger partial charge is 0.309 e. The van der Waals surface area contributed by atoms with Crippen molar-refractivity contribution in [3.63, 3.8) is 0 Å². The van der Waals surface area contributed by atoms with Crippen molar-refractivity contribution < 1.29 is 17.2 Å². The Morgan fingerprint density at radius 3 is 2.26 bits per heavy atom. The Bertz CT molecular complexity index is 556. The van der Waals surface area contributed by atoms with Gasteiger partial charge in [-0.25, -0.2) is 17.2 Å². The molecule has 1 aromatic rings. The Balaban J connectivity index is 3.32. The first-order valence-electron chi connectivity index (χ1n) is 5.99. The van der Waals surface area contributed by atoms with Crippen molar-refractivity contribution in [1.82, 2.24) is 5.32 Å². The van der Waals surface area contributed by atoms with Gasteiger partial charge in [0.15, 0.2) is 21.5 Å². The molecular formula is C13H19F2NO2S. The SMILES string of the molecule is CCNC(c1ccc(F)c(F)c1)C(C)(C)S(C)(=O)=O. The molecule has 0 heterocycles. The van der Waals surface area contributed by atoms with E-state index in [1.54, 1.807) is 13.8 Å². The second-order valence-electron chi connectivity index (χ2n) is 5.04. The third-order valence-corrected chi connectivity index (χ3v) is 5.48. The molecule has 0 aromatic heterocycles. The first kappa shape index (κ1) is 16.0. The van der Waals surface area contributed by atoms with Gasteiger partial charge in [0.05, 0.1) is 10.8 Å². The van der Waals surface area contributed by atoms with E-state index in [0.717, 1.165) is 18.4 Å². The number of benzene rings is 1. The first-order chi connectivity index (χ1) is 8.61. The van der Waals surface area contributed by atoms with Gasteiger partial charge in [-0.1, -0.05) is 13.0 Å². The zero-order chi connectivity index (χ0) is 14.8. The topological polar surface area (TPSA) is 46.2 Å². The fraction of sp³-hybridized carbons (Fsp3) is 0.538. The number of hydrogen-bond donors (Lipinski definition) is 1. The standard InChI is InChI=1S/C13H19F2NO2S/c1-5-16-12(13(2,3)19(4,17)18)9-6-7-10(14)11(15)8-9/h6-8,12,16H,5H2,1-4H3. The average molecular weight is 291 g/mol. The fourth-order valence-corrected chi connectivity index (χ4v) is 2.52. The molecule has 3 nitrogen and oxygen atoms in total. The van der Waals surface area contributed by atoms with Gasteiger partial charge in [0.25, 0.3) is 0 Å². The summed E-state index contributed by atoms with van der Waals surface area (Å²) in [6, 6.07) is 2.84. The van der Waals surface area contributed by atoms with Crippen LogP contribution in [-0.2, 0) is 9.84 Å². The number of nitrogens with one attached hydrogen (secondary N) is 1. The lowest BCUT2D eigenvalue weighted by molar-refractivity contribution is 0.423. The van der Waals surface area contributed by atoms with Gasteiger partial charge in [-0.2, -0.15) is 0 Å². The van der Waals surface area contributed by atoms with Crippen LogP contribution in [0.5, 0.6) is 0 Å². The summed E-state index contributed by atoms with van der Waals surface area (Å²) in [5.41, 5.74) is 0.413. The maximum absolute atomic E-state index is 13.3. The number of sulfone groups is 1. The molecule has 0 fully saturated rings. The number of rotatable bonds is 5. The van der Waals surface area contributed by atoms with E-state index in [1.165, 1.54) is 6.07 Å². The van der Waals surface area contributed by atoms with E-state index in [1.807, 2.05) is 6.92 Å². The third-order valence-electron chi connectivity index (χ3n) is 3.34. The molecule has 0 bridgehead atoms. The van der Waals surface area contributed by atoms with Crippen LogP contribution in [0.25, 0.3) is 0 Å². The average Bonchev–Trinajstić information content (AvgIpc) is 2.28. The monoisotopic (exact) mass is 291 g/mol. The highest BCUT2D eigenvalue weighted by molar-refractivity contribution is 7.92. The molecule has 108 valence electrons. The predicted octanol–water partition coefficient (Wildman–Crippen LogP) is 2.44. The van der Waals surface area contributed by atoms with E-state index in [0.29, 0.717) is 12.1 Å². The molecule has 1 atom stereocenters. The summed E-state index contributed by atoms with van der Waals surface area (Å²) in [6.45, 7) is 5.47. The highest BCUT2D eigenvalue weighted by atomic mass is 32.2. The van der Waals surface area contributed by atoms with E-state index >= 15 is 0 Å². The Morgan fingerprint density at radius 1 is 1.26 bits per heavy atom.